The van der Waals surface area contributed by atoms with Crippen molar-refractivity contribution >= 4 is 23.5 Å². The van der Waals surface area contributed by atoms with Crippen molar-refractivity contribution in [2.75, 3.05) is 5.32 Å². The first kappa shape index (κ1) is 19.0. The van der Waals surface area contributed by atoms with E-state index in [2.05, 4.69) is 5.32 Å². The van der Waals surface area contributed by atoms with Gasteiger partial charge < -0.3 is 20.1 Å². The van der Waals surface area contributed by atoms with Crippen LogP contribution < -0.4 is 10.1 Å². The molecule has 2 unspecified atom stereocenters. The van der Waals surface area contributed by atoms with Crippen LogP contribution in [0.15, 0.2) is 48.5 Å². The van der Waals surface area contributed by atoms with Crippen molar-refractivity contribution in [3.63, 3.8) is 0 Å². The molecule has 1 fully saturated rings. The minimum atomic E-state index is -1.03. The molecular formula is C22H22N2O5. The first-order valence-corrected chi connectivity index (χ1v) is 9.65. The molecule has 1 aliphatic carbocycles. The Bertz CT molecular complexity index is 944. The lowest BCUT2D eigenvalue weighted by molar-refractivity contribution is -0.141. The first-order chi connectivity index (χ1) is 13.9. The Hall–Kier alpha value is -3.35. The summed E-state index contributed by atoms with van der Waals surface area (Å²) >= 11 is 0. The molecule has 0 aromatic heterocycles. The van der Waals surface area contributed by atoms with Crippen molar-refractivity contribution in [2.45, 2.75) is 44.4 Å². The molecule has 29 heavy (non-hydrogen) atoms. The van der Waals surface area contributed by atoms with Crippen LogP contribution in [0.3, 0.4) is 0 Å². The highest BCUT2D eigenvalue weighted by Crippen LogP contribution is 2.31. The molecule has 150 valence electrons. The number of nitrogens with one attached hydrogen (secondary N) is 1. The summed E-state index contributed by atoms with van der Waals surface area (Å²) in [6.45, 7) is 1.51. The molecule has 1 saturated carbocycles. The van der Waals surface area contributed by atoms with E-state index in [1.54, 1.807) is 24.3 Å². The highest BCUT2D eigenvalue weighted by Gasteiger charge is 2.39. The summed E-state index contributed by atoms with van der Waals surface area (Å²) in [5, 5.41) is 12.1. The number of rotatable bonds is 6. The highest BCUT2D eigenvalue weighted by molar-refractivity contribution is 6.00. The van der Waals surface area contributed by atoms with Gasteiger partial charge in [0.05, 0.1) is 0 Å². The van der Waals surface area contributed by atoms with Crippen molar-refractivity contribution < 1.29 is 24.2 Å². The molecule has 1 aliphatic heterocycles. The van der Waals surface area contributed by atoms with Gasteiger partial charge >= 0.3 is 5.97 Å². The molecule has 0 bridgehead atoms. The summed E-state index contributed by atoms with van der Waals surface area (Å²) < 4.78 is 5.70. The number of ether oxygens (including phenoxy) is 1. The SMILES string of the molecule is CC(C(=O)O)N(C(=O)c1cccc(NC(=O)C2Cc3ccccc3O2)c1)C1CC1. The Morgan fingerprint density at radius 2 is 1.90 bits per heavy atom. The van der Waals surface area contributed by atoms with Gasteiger partial charge in [-0.15, -0.1) is 0 Å². The number of carboxylic acid groups (broad SMARTS) is 1. The maximum atomic E-state index is 12.9. The van der Waals surface area contributed by atoms with Gasteiger partial charge in [-0.25, -0.2) is 4.79 Å². The summed E-state index contributed by atoms with van der Waals surface area (Å²) in [5.41, 5.74) is 1.80. The Morgan fingerprint density at radius 3 is 2.59 bits per heavy atom. The fraction of sp³-hybridized carbons (Fsp3) is 0.318. The third kappa shape index (κ3) is 3.94. The second-order valence-electron chi connectivity index (χ2n) is 7.45. The predicted molar refractivity (Wildman–Crippen MR) is 106 cm³/mol. The number of hydrogen-bond acceptors (Lipinski definition) is 4. The van der Waals surface area contributed by atoms with E-state index in [9.17, 15) is 19.5 Å². The largest absolute Gasteiger partial charge is 0.480 e. The number of carbonyl (C=O) groups is 3. The fourth-order valence-corrected chi connectivity index (χ4v) is 3.56. The fourth-order valence-electron chi connectivity index (χ4n) is 3.56. The number of anilines is 1. The number of para-hydroxylation sites is 1. The van der Waals surface area contributed by atoms with Gasteiger partial charge in [-0.2, -0.15) is 0 Å². The molecule has 0 radical (unpaired) electrons. The maximum Gasteiger partial charge on any atom is 0.326 e. The van der Waals surface area contributed by atoms with Crippen LogP contribution in [0.5, 0.6) is 5.75 Å². The van der Waals surface area contributed by atoms with E-state index in [4.69, 9.17) is 4.74 Å². The molecule has 2 N–H and O–H groups in total. The second-order valence-corrected chi connectivity index (χ2v) is 7.45. The molecular weight excluding hydrogens is 372 g/mol. The van der Waals surface area contributed by atoms with Crippen LogP contribution in [0.25, 0.3) is 0 Å². The minimum Gasteiger partial charge on any atom is -0.480 e. The summed E-state index contributed by atoms with van der Waals surface area (Å²) in [6, 6.07) is 13.1. The lowest BCUT2D eigenvalue weighted by Gasteiger charge is -2.26. The maximum absolute atomic E-state index is 12.9. The number of aliphatic carboxylic acids is 1. The van der Waals surface area contributed by atoms with Crippen molar-refractivity contribution in [3.05, 3.63) is 59.7 Å². The van der Waals surface area contributed by atoms with Crippen molar-refractivity contribution in [1.29, 1.82) is 0 Å². The Balaban J connectivity index is 1.47. The number of carboxylic acids is 1. The average Bonchev–Trinajstić information content (AvgIpc) is 3.44. The van der Waals surface area contributed by atoms with E-state index >= 15 is 0 Å². The number of carbonyl (C=O) groups excluding carboxylic acids is 2. The van der Waals surface area contributed by atoms with E-state index in [0.29, 0.717) is 23.4 Å². The van der Waals surface area contributed by atoms with Gasteiger partial charge in [0, 0.05) is 23.7 Å². The van der Waals surface area contributed by atoms with Gasteiger partial charge in [-0.1, -0.05) is 24.3 Å². The van der Waals surface area contributed by atoms with E-state index in [0.717, 1.165) is 18.4 Å². The van der Waals surface area contributed by atoms with Gasteiger partial charge in [0.2, 0.25) is 0 Å². The molecule has 2 aromatic rings. The van der Waals surface area contributed by atoms with E-state index in [1.807, 2.05) is 24.3 Å². The normalized spacial score (nSPS) is 18.3. The monoisotopic (exact) mass is 394 g/mol. The van der Waals surface area contributed by atoms with Crippen molar-refractivity contribution in [1.82, 2.24) is 4.90 Å². The summed E-state index contributed by atoms with van der Waals surface area (Å²) in [6.07, 6.45) is 1.48. The summed E-state index contributed by atoms with van der Waals surface area (Å²) in [7, 11) is 0. The molecule has 7 heteroatoms. The smallest absolute Gasteiger partial charge is 0.326 e. The van der Waals surface area contributed by atoms with E-state index < -0.39 is 18.1 Å². The summed E-state index contributed by atoms with van der Waals surface area (Å²) in [4.78, 5) is 38.4. The van der Waals surface area contributed by atoms with Crippen LogP contribution in [0, 0.1) is 0 Å². The number of amides is 2. The molecule has 0 spiro atoms. The van der Waals surface area contributed by atoms with Crippen LogP contribution >= 0.6 is 0 Å². The Kier molecular flexibility index (Phi) is 4.96. The lowest BCUT2D eigenvalue weighted by atomic mass is 10.1. The lowest BCUT2D eigenvalue weighted by Crippen LogP contribution is -2.44. The second kappa shape index (κ2) is 7.58. The molecule has 2 aliphatic rings. The Labute approximate surface area is 168 Å². The van der Waals surface area contributed by atoms with Crippen molar-refractivity contribution in [2.24, 2.45) is 0 Å². The van der Waals surface area contributed by atoms with Crippen LogP contribution in [-0.2, 0) is 16.0 Å². The average molecular weight is 394 g/mol. The zero-order chi connectivity index (χ0) is 20.5. The number of hydrogen-bond donors (Lipinski definition) is 2. The number of fused-ring (bicyclic) bond motifs is 1. The van der Waals surface area contributed by atoms with Gasteiger partial charge in [0.25, 0.3) is 11.8 Å². The topological polar surface area (TPSA) is 95.9 Å². The third-order valence-corrected chi connectivity index (χ3v) is 5.27. The minimum absolute atomic E-state index is 0.0442. The van der Waals surface area contributed by atoms with Gasteiger partial charge in [0.15, 0.2) is 6.10 Å². The summed E-state index contributed by atoms with van der Waals surface area (Å²) in [5.74, 6) is -0.959. The van der Waals surface area contributed by atoms with Crippen LogP contribution in [-0.4, -0.2) is 46.0 Å². The molecule has 4 rings (SSSR count). The molecule has 7 nitrogen and oxygen atoms in total. The van der Waals surface area contributed by atoms with E-state index in [-0.39, 0.29) is 17.9 Å². The van der Waals surface area contributed by atoms with Gasteiger partial charge in [0.1, 0.15) is 11.8 Å². The van der Waals surface area contributed by atoms with Crippen LogP contribution in [0.2, 0.25) is 0 Å². The predicted octanol–water partition coefficient (Wildman–Crippen LogP) is 2.71. The zero-order valence-electron chi connectivity index (χ0n) is 16.0. The zero-order valence-corrected chi connectivity index (χ0v) is 16.0. The molecule has 2 atom stereocenters. The molecule has 2 amide bonds. The first-order valence-electron chi connectivity index (χ1n) is 9.65. The Morgan fingerprint density at radius 1 is 1.14 bits per heavy atom. The third-order valence-electron chi connectivity index (χ3n) is 5.27. The van der Waals surface area contributed by atoms with Crippen LogP contribution in [0.4, 0.5) is 5.69 Å². The van der Waals surface area contributed by atoms with Crippen LogP contribution in [0.1, 0.15) is 35.7 Å². The van der Waals surface area contributed by atoms with Crippen molar-refractivity contribution in [3.8, 4) is 5.75 Å². The van der Waals surface area contributed by atoms with Gasteiger partial charge in [-0.3, -0.25) is 9.59 Å². The highest BCUT2D eigenvalue weighted by atomic mass is 16.5. The number of benzene rings is 2. The van der Waals surface area contributed by atoms with E-state index in [1.165, 1.54) is 11.8 Å². The molecule has 0 saturated heterocycles. The quantitative estimate of drug-likeness (QED) is 0.785. The van der Waals surface area contributed by atoms with Gasteiger partial charge in [-0.05, 0) is 49.6 Å². The standard InChI is InChI=1S/C22H22N2O5/c1-13(22(27)28)24(17-9-10-17)21(26)15-6-4-7-16(11-15)23-20(25)19-12-14-5-2-3-8-18(14)29-19/h2-8,11,13,17,19H,9-10,12H2,1H3,(H,23,25)(H,27,28). The molecule has 1 heterocycles. The molecule has 2 aromatic carbocycles. The number of nitrogens with zero attached hydrogens (tertiary/aromatic N) is 1.